The van der Waals surface area contributed by atoms with E-state index in [1.165, 1.54) is 4.57 Å². The molecule has 0 atom stereocenters. The highest BCUT2D eigenvalue weighted by molar-refractivity contribution is 6.30. The SMILES string of the molecule is Cc1ccc(-n2c(=O)c3ccccc3n(CC(=O)c3ccc(Cl)cc3)c2=O)cc1. The maximum atomic E-state index is 13.3. The highest BCUT2D eigenvalue weighted by atomic mass is 35.5. The van der Waals surface area contributed by atoms with Crippen molar-refractivity contribution in [1.29, 1.82) is 0 Å². The van der Waals surface area contributed by atoms with E-state index in [2.05, 4.69) is 0 Å². The molecule has 0 bridgehead atoms. The van der Waals surface area contributed by atoms with Crippen LogP contribution in [-0.4, -0.2) is 14.9 Å². The summed E-state index contributed by atoms with van der Waals surface area (Å²) in [6.07, 6.45) is 0. The maximum absolute atomic E-state index is 13.3. The number of para-hydroxylation sites is 1. The first-order chi connectivity index (χ1) is 14.0. The number of aromatic nitrogens is 2. The van der Waals surface area contributed by atoms with Crippen LogP contribution in [0.25, 0.3) is 16.6 Å². The number of ketones is 1. The summed E-state index contributed by atoms with van der Waals surface area (Å²) in [5.74, 6) is -0.247. The summed E-state index contributed by atoms with van der Waals surface area (Å²) in [5.41, 5.74) is 1.38. The number of carbonyl (C=O) groups excluding carboxylic acids is 1. The van der Waals surface area contributed by atoms with Crippen LogP contribution in [-0.2, 0) is 6.54 Å². The molecule has 1 heterocycles. The van der Waals surface area contributed by atoms with Gasteiger partial charge in [0.1, 0.15) is 0 Å². The van der Waals surface area contributed by atoms with Gasteiger partial charge in [-0.25, -0.2) is 9.36 Å². The third-order valence-corrected chi connectivity index (χ3v) is 5.06. The zero-order valence-corrected chi connectivity index (χ0v) is 16.4. The molecule has 0 N–H and O–H groups in total. The van der Waals surface area contributed by atoms with Gasteiger partial charge in [0.25, 0.3) is 5.56 Å². The smallest absolute Gasteiger partial charge is 0.292 e. The molecular formula is C23H17ClN2O3. The Morgan fingerprint density at radius 1 is 0.897 bits per heavy atom. The van der Waals surface area contributed by atoms with Gasteiger partial charge in [0.05, 0.1) is 23.1 Å². The van der Waals surface area contributed by atoms with Crippen molar-refractivity contribution in [2.45, 2.75) is 13.5 Å². The summed E-state index contributed by atoms with van der Waals surface area (Å²) in [5, 5.41) is 0.897. The van der Waals surface area contributed by atoms with Crippen molar-refractivity contribution in [2.75, 3.05) is 0 Å². The Balaban J connectivity index is 1.92. The molecule has 0 spiro atoms. The van der Waals surface area contributed by atoms with Gasteiger partial charge in [-0.15, -0.1) is 0 Å². The molecule has 144 valence electrons. The standard InChI is InChI=1S/C23H17ClN2O3/c1-15-6-12-18(13-7-15)26-22(28)19-4-2-3-5-20(19)25(23(26)29)14-21(27)16-8-10-17(24)11-9-16/h2-13H,14H2,1H3. The first-order valence-corrected chi connectivity index (χ1v) is 9.44. The van der Waals surface area contributed by atoms with Gasteiger partial charge in [-0.2, -0.15) is 0 Å². The number of hydrogen-bond donors (Lipinski definition) is 0. The molecule has 4 aromatic rings. The molecule has 3 aromatic carbocycles. The van der Waals surface area contributed by atoms with Crippen LogP contribution in [0.5, 0.6) is 0 Å². The Bertz CT molecular complexity index is 1330. The van der Waals surface area contributed by atoms with Crippen LogP contribution in [0.2, 0.25) is 5.02 Å². The molecule has 0 aliphatic carbocycles. The van der Waals surface area contributed by atoms with Crippen molar-refractivity contribution >= 4 is 28.3 Å². The zero-order chi connectivity index (χ0) is 20.5. The maximum Gasteiger partial charge on any atom is 0.336 e. The molecule has 0 saturated heterocycles. The number of aryl methyl sites for hydroxylation is 1. The second kappa shape index (κ2) is 7.53. The fourth-order valence-corrected chi connectivity index (χ4v) is 3.39. The van der Waals surface area contributed by atoms with Crippen LogP contribution in [0.4, 0.5) is 0 Å². The highest BCUT2D eigenvalue weighted by Crippen LogP contribution is 2.14. The average Bonchev–Trinajstić information content (AvgIpc) is 2.73. The number of fused-ring (bicyclic) bond motifs is 1. The van der Waals surface area contributed by atoms with Crippen molar-refractivity contribution < 1.29 is 4.79 Å². The molecule has 0 unspecified atom stereocenters. The van der Waals surface area contributed by atoms with Gasteiger partial charge in [0, 0.05) is 10.6 Å². The van der Waals surface area contributed by atoms with Crippen molar-refractivity contribution in [3.63, 3.8) is 0 Å². The Morgan fingerprint density at radius 2 is 1.55 bits per heavy atom. The fourth-order valence-electron chi connectivity index (χ4n) is 3.27. The van der Waals surface area contributed by atoms with Crippen LogP contribution in [0.15, 0.2) is 82.4 Å². The van der Waals surface area contributed by atoms with Crippen LogP contribution < -0.4 is 11.2 Å². The molecule has 1 aromatic heterocycles. The third kappa shape index (κ3) is 3.52. The number of nitrogens with zero attached hydrogens (tertiary/aromatic N) is 2. The molecule has 6 heteroatoms. The molecule has 0 fully saturated rings. The lowest BCUT2D eigenvalue weighted by Gasteiger charge is -2.14. The zero-order valence-electron chi connectivity index (χ0n) is 15.6. The Morgan fingerprint density at radius 3 is 2.24 bits per heavy atom. The number of Topliss-reactive ketones (excluding diaryl/α,β-unsaturated/α-hetero) is 1. The first-order valence-electron chi connectivity index (χ1n) is 9.06. The predicted molar refractivity (Wildman–Crippen MR) is 114 cm³/mol. The summed E-state index contributed by atoms with van der Waals surface area (Å²) in [6.45, 7) is 1.74. The minimum absolute atomic E-state index is 0.187. The van der Waals surface area contributed by atoms with Gasteiger partial charge in [0.15, 0.2) is 5.78 Å². The predicted octanol–water partition coefficient (Wildman–Crippen LogP) is 4.00. The third-order valence-electron chi connectivity index (χ3n) is 4.81. The molecule has 0 amide bonds. The van der Waals surface area contributed by atoms with E-state index in [-0.39, 0.29) is 12.3 Å². The largest absolute Gasteiger partial charge is 0.336 e. The molecule has 0 saturated carbocycles. The summed E-state index contributed by atoms with van der Waals surface area (Å²) in [6, 6.07) is 20.4. The van der Waals surface area contributed by atoms with Gasteiger partial charge in [0.2, 0.25) is 0 Å². The Labute approximate surface area is 171 Å². The van der Waals surface area contributed by atoms with Crippen LogP contribution in [0, 0.1) is 6.92 Å². The summed E-state index contributed by atoms with van der Waals surface area (Å²) in [4.78, 5) is 39.1. The second-order valence-electron chi connectivity index (χ2n) is 6.79. The van der Waals surface area contributed by atoms with Crippen LogP contribution in [0.3, 0.4) is 0 Å². The van der Waals surface area contributed by atoms with Gasteiger partial charge in [-0.1, -0.05) is 41.4 Å². The quantitative estimate of drug-likeness (QED) is 0.483. The summed E-state index contributed by atoms with van der Waals surface area (Å²) >= 11 is 5.89. The average molecular weight is 405 g/mol. The van der Waals surface area contributed by atoms with E-state index in [1.54, 1.807) is 60.7 Å². The monoisotopic (exact) mass is 404 g/mol. The topological polar surface area (TPSA) is 61.1 Å². The highest BCUT2D eigenvalue weighted by Gasteiger charge is 2.17. The van der Waals surface area contributed by atoms with Crippen LogP contribution >= 0.6 is 11.6 Å². The summed E-state index contributed by atoms with van der Waals surface area (Å²) < 4.78 is 2.45. The lowest BCUT2D eigenvalue weighted by atomic mass is 10.1. The van der Waals surface area contributed by atoms with Crippen molar-refractivity contribution in [3.05, 3.63) is 110 Å². The van der Waals surface area contributed by atoms with E-state index in [0.29, 0.717) is 27.2 Å². The molecule has 5 nitrogen and oxygen atoms in total. The number of halogens is 1. The van der Waals surface area contributed by atoms with E-state index in [1.807, 2.05) is 19.1 Å². The van der Waals surface area contributed by atoms with Gasteiger partial charge in [-0.3, -0.25) is 14.2 Å². The van der Waals surface area contributed by atoms with Crippen LogP contribution in [0.1, 0.15) is 15.9 Å². The second-order valence-corrected chi connectivity index (χ2v) is 7.23. The number of rotatable bonds is 4. The van der Waals surface area contributed by atoms with E-state index >= 15 is 0 Å². The van der Waals surface area contributed by atoms with Gasteiger partial charge in [-0.05, 0) is 55.5 Å². The van der Waals surface area contributed by atoms with E-state index < -0.39 is 11.2 Å². The first kappa shape index (κ1) is 18.9. The van der Waals surface area contributed by atoms with Gasteiger partial charge < -0.3 is 0 Å². The van der Waals surface area contributed by atoms with Crippen molar-refractivity contribution in [3.8, 4) is 5.69 Å². The fraction of sp³-hybridized carbons (Fsp3) is 0.0870. The Hall–Kier alpha value is -3.44. The molecule has 0 aliphatic rings. The van der Waals surface area contributed by atoms with Crippen molar-refractivity contribution in [2.24, 2.45) is 0 Å². The Kier molecular flexibility index (Phi) is 4.91. The summed E-state index contributed by atoms with van der Waals surface area (Å²) in [7, 11) is 0. The van der Waals surface area contributed by atoms with E-state index in [4.69, 9.17) is 11.6 Å². The lowest BCUT2D eigenvalue weighted by Crippen LogP contribution is -2.40. The minimum atomic E-state index is -0.556. The molecule has 4 rings (SSSR count). The lowest BCUT2D eigenvalue weighted by molar-refractivity contribution is 0.0971. The number of benzene rings is 3. The molecule has 0 radical (unpaired) electrons. The number of hydrogen-bond acceptors (Lipinski definition) is 3. The molecular weight excluding hydrogens is 388 g/mol. The van der Waals surface area contributed by atoms with E-state index in [9.17, 15) is 14.4 Å². The van der Waals surface area contributed by atoms with E-state index in [0.717, 1.165) is 10.1 Å². The normalized spacial score (nSPS) is 11.0. The molecule has 29 heavy (non-hydrogen) atoms. The molecule has 0 aliphatic heterocycles. The number of carbonyl (C=O) groups is 1. The van der Waals surface area contributed by atoms with Crippen molar-refractivity contribution in [1.82, 2.24) is 9.13 Å². The minimum Gasteiger partial charge on any atom is -0.292 e. The van der Waals surface area contributed by atoms with Gasteiger partial charge >= 0.3 is 5.69 Å².